The van der Waals surface area contributed by atoms with E-state index in [1.807, 2.05) is 0 Å². The highest BCUT2D eigenvalue weighted by atomic mass is 32.2. The molecule has 0 saturated heterocycles. The van der Waals surface area contributed by atoms with E-state index >= 15 is 0 Å². The van der Waals surface area contributed by atoms with Crippen LogP contribution in [0.25, 0.3) is 0 Å². The van der Waals surface area contributed by atoms with Crippen LogP contribution in [0.3, 0.4) is 0 Å². The molecule has 1 saturated carbocycles. The summed E-state index contributed by atoms with van der Waals surface area (Å²) in [4.78, 5) is 0. The van der Waals surface area contributed by atoms with Gasteiger partial charge in [0.15, 0.2) is 0 Å². The molecule has 2 atom stereocenters. The summed E-state index contributed by atoms with van der Waals surface area (Å²) in [7, 11) is -0.464. The monoisotopic (exact) mass is 194 g/mol. The first-order valence-electron chi connectivity index (χ1n) is 3.81. The summed E-state index contributed by atoms with van der Waals surface area (Å²) in [5, 5.41) is 9.11. The molecule has 1 fully saturated rings. The van der Waals surface area contributed by atoms with Crippen molar-refractivity contribution in [3.8, 4) is 0 Å². The average molecular weight is 194 g/mol. The van der Waals surface area contributed by atoms with Crippen LogP contribution in [-0.4, -0.2) is 44.1 Å². The van der Waals surface area contributed by atoms with E-state index in [0.29, 0.717) is 12.8 Å². The number of nitrogens with one attached hydrogen (secondary N) is 1. The lowest BCUT2D eigenvalue weighted by molar-refractivity contribution is 0.0606. The van der Waals surface area contributed by atoms with Gasteiger partial charge >= 0.3 is 0 Å². The van der Waals surface area contributed by atoms with Crippen LogP contribution in [0.1, 0.15) is 12.8 Å². The van der Waals surface area contributed by atoms with Crippen LogP contribution in [-0.2, 0) is 10.2 Å². The zero-order valence-electron chi connectivity index (χ0n) is 7.19. The lowest BCUT2D eigenvalue weighted by Gasteiger charge is -2.33. The van der Waals surface area contributed by atoms with E-state index in [4.69, 9.17) is 5.11 Å². The number of nitrogens with zero attached hydrogens (tertiary/aromatic N) is 1. The molecule has 1 aliphatic carbocycles. The van der Waals surface area contributed by atoms with Crippen molar-refractivity contribution in [3.05, 3.63) is 0 Å². The summed E-state index contributed by atoms with van der Waals surface area (Å²) in [5.74, 6) is 0. The van der Waals surface area contributed by atoms with Gasteiger partial charge in [-0.25, -0.2) is 0 Å². The Kier molecular flexibility index (Phi) is 2.72. The Balaban J connectivity index is 2.51. The summed E-state index contributed by atoms with van der Waals surface area (Å²) < 4.78 is 25.9. The van der Waals surface area contributed by atoms with E-state index in [1.54, 1.807) is 0 Å². The standard InChI is InChI=1S/C6H14N2O3S/c1-8(2)12(10,11)7-5-3-4-6(5)9/h5-7,9H,3-4H2,1-2H3/t5-,6-/m1/s1. The SMILES string of the molecule is CN(C)S(=O)(=O)N[C@@H]1CC[C@H]1O. The van der Waals surface area contributed by atoms with Gasteiger partial charge in [0.1, 0.15) is 0 Å². The minimum absolute atomic E-state index is 0.294. The first kappa shape index (κ1) is 9.91. The second kappa shape index (κ2) is 3.29. The van der Waals surface area contributed by atoms with E-state index in [2.05, 4.69) is 4.72 Å². The highest BCUT2D eigenvalue weighted by Gasteiger charge is 2.32. The van der Waals surface area contributed by atoms with E-state index in [-0.39, 0.29) is 6.04 Å². The van der Waals surface area contributed by atoms with Crippen molar-refractivity contribution in [1.82, 2.24) is 9.03 Å². The topological polar surface area (TPSA) is 69.6 Å². The molecule has 1 rings (SSSR count). The summed E-state index contributed by atoms with van der Waals surface area (Å²) in [6.45, 7) is 0. The zero-order chi connectivity index (χ0) is 9.35. The third kappa shape index (κ3) is 1.95. The van der Waals surface area contributed by atoms with E-state index in [1.165, 1.54) is 14.1 Å². The smallest absolute Gasteiger partial charge is 0.279 e. The second-order valence-corrected chi connectivity index (χ2v) is 5.07. The molecule has 12 heavy (non-hydrogen) atoms. The molecule has 0 unspecified atom stereocenters. The van der Waals surface area contributed by atoms with Gasteiger partial charge in [-0.1, -0.05) is 0 Å². The lowest BCUT2D eigenvalue weighted by atomic mass is 9.90. The lowest BCUT2D eigenvalue weighted by Crippen LogP contribution is -2.52. The Morgan fingerprint density at radius 3 is 2.25 bits per heavy atom. The molecule has 6 heteroatoms. The van der Waals surface area contributed by atoms with Crippen molar-refractivity contribution in [2.24, 2.45) is 0 Å². The van der Waals surface area contributed by atoms with Crippen LogP contribution < -0.4 is 4.72 Å². The molecule has 0 radical (unpaired) electrons. The van der Waals surface area contributed by atoms with Crippen LogP contribution in [0.5, 0.6) is 0 Å². The van der Waals surface area contributed by atoms with Crippen molar-refractivity contribution < 1.29 is 13.5 Å². The first-order chi connectivity index (χ1) is 5.43. The summed E-state index contributed by atoms with van der Waals surface area (Å²) in [5.41, 5.74) is 0. The minimum atomic E-state index is -3.37. The van der Waals surface area contributed by atoms with Crippen molar-refractivity contribution >= 4 is 10.2 Å². The van der Waals surface area contributed by atoms with Gasteiger partial charge in [0.05, 0.1) is 6.10 Å². The first-order valence-corrected chi connectivity index (χ1v) is 5.25. The Labute approximate surface area is 72.6 Å². The second-order valence-electron chi connectivity index (χ2n) is 3.16. The van der Waals surface area contributed by atoms with Crippen LogP contribution in [0, 0.1) is 0 Å². The summed E-state index contributed by atoms with van der Waals surface area (Å²) >= 11 is 0. The molecule has 5 nitrogen and oxygen atoms in total. The number of rotatable bonds is 3. The molecule has 0 aromatic carbocycles. The van der Waals surface area contributed by atoms with E-state index in [9.17, 15) is 8.42 Å². The Bertz CT molecular complexity index is 250. The van der Waals surface area contributed by atoms with Gasteiger partial charge in [-0.15, -0.1) is 0 Å². The number of aliphatic hydroxyl groups excluding tert-OH is 1. The van der Waals surface area contributed by atoms with Gasteiger partial charge in [0.2, 0.25) is 0 Å². The van der Waals surface area contributed by atoms with Gasteiger partial charge in [-0.05, 0) is 12.8 Å². The summed E-state index contributed by atoms with van der Waals surface area (Å²) in [6.07, 6.45) is 0.884. The van der Waals surface area contributed by atoms with Gasteiger partial charge in [0, 0.05) is 20.1 Å². The molecule has 2 N–H and O–H groups in total. The predicted octanol–water partition coefficient (Wildman–Crippen LogP) is -1.09. The fourth-order valence-electron chi connectivity index (χ4n) is 0.917. The Morgan fingerprint density at radius 2 is 2.00 bits per heavy atom. The molecule has 0 heterocycles. The van der Waals surface area contributed by atoms with Crippen molar-refractivity contribution in [2.45, 2.75) is 25.0 Å². The minimum Gasteiger partial charge on any atom is -0.391 e. The zero-order valence-corrected chi connectivity index (χ0v) is 8.00. The summed E-state index contributed by atoms with van der Waals surface area (Å²) in [6, 6.07) is -0.294. The van der Waals surface area contributed by atoms with E-state index in [0.717, 1.165) is 4.31 Å². The maximum Gasteiger partial charge on any atom is 0.279 e. The largest absolute Gasteiger partial charge is 0.391 e. The van der Waals surface area contributed by atoms with Gasteiger partial charge in [0.25, 0.3) is 10.2 Å². The normalized spacial score (nSPS) is 30.3. The van der Waals surface area contributed by atoms with Gasteiger partial charge in [-0.3, -0.25) is 0 Å². The maximum atomic E-state index is 11.2. The molecule has 0 aliphatic heterocycles. The number of hydrogen-bond acceptors (Lipinski definition) is 3. The maximum absolute atomic E-state index is 11.2. The molecule has 72 valence electrons. The Hall–Kier alpha value is -0.170. The molecule has 0 amide bonds. The van der Waals surface area contributed by atoms with Crippen molar-refractivity contribution in [1.29, 1.82) is 0 Å². The third-order valence-corrected chi connectivity index (χ3v) is 3.58. The fraction of sp³-hybridized carbons (Fsp3) is 1.00. The van der Waals surface area contributed by atoms with Crippen molar-refractivity contribution in [3.63, 3.8) is 0 Å². The molecular weight excluding hydrogens is 180 g/mol. The van der Waals surface area contributed by atoms with Crippen LogP contribution >= 0.6 is 0 Å². The molecule has 1 aliphatic rings. The highest BCUT2D eigenvalue weighted by molar-refractivity contribution is 7.87. The predicted molar refractivity (Wildman–Crippen MR) is 44.8 cm³/mol. The average Bonchev–Trinajstić information content (AvgIpc) is 1.97. The number of hydrogen-bond donors (Lipinski definition) is 2. The molecule has 0 aromatic rings. The van der Waals surface area contributed by atoms with E-state index < -0.39 is 16.3 Å². The third-order valence-electron chi connectivity index (χ3n) is 2.02. The number of aliphatic hydroxyl groups is 1. The molecule has 0 spiro atoms. The molecular formula is C6H14N2O3S. The fourth-order valence-corrected chi connectivity index (χ4v) is 1.78. The van der Waals surface area contributed by atoms with Gasteiger partial charge < -0.3 is 5.11 Å². The van der Waals surface area contributed by atoms with Crippen LogP contribution in [0.2, 0.25) is 0 Å². The van der Waals surface area contributed by atoms with Crippen LogP contribution in [0.15, 0.2) is 0 Å². The Morgan fingerprint density at radius 1 is 1.42 bits per heavy atom. The quantitative estimate of drug-likeness (QED) is 0.599. The van der Waals surface area contributed by atoms with Crippen molar-refractivity contribution in [2.75, 3.05) is 14.1 Å². The van der Waals surface area contributed by atoms with Gasteiger partial charge in [-0.2, -0.15) is 17.4 Å². The molecule has 0 bridgehead atoms. The highest BCUT2D eigenvalue weighted by Crippen LogP contribution is 2.20. The molecule has 0 aromatic heterocycles. The van der Waals surface area contributed by atoms with Crippen LogP contribution in [0.4, 0.5) is 0 Å².